The van der Waals surface area contributed by atoms with E-state index in [1.165, 1.54) is 38.8 Å². The molecule has 1 heterocycles. The van der Waals surface area contributed by atoms with Crippen LogP contribution in [0.2, 0.25) is 0 Å². The third kappa shape index (κ3) is 25.2. The summed E-state index contributed by atoms with van der Waals surface area (Å²) < 4.78 is 0. The van der Waals surface area contributed by atoms with Gasteiger partial charge in [-0.15, -0.1) is 0 Å². The van der Waals surface area contributed by atoms with Gasteiger partial charge >= 0.3 is 0 Å². The Hall–Kier alpha value is 0.633. The van der Waals surface area contributed by atoms with Crippen molar-refractivity contribution in [3.05, 3.63) is 6.15 Å². The maximum atomic E-state index is 2.75. The minimum atomic E-state index is 0. The SMILES string of the molecule is C.CN1CCCCCC1.CNC.[B].[NH2-].[W]. The zero-order valence-corrected chi connectivity index (χ0v) is 12.7. The van der Waals surface area contributed by atoms with Crippen LogP contribution in [0.15, 0.2) is 0 Å². The first kappa shape index (κ1) is 29.6. The second kappa shape index (κ2) is 24.1. The molecule has 0 aromatic carbocycles. The van der Waals surface area contributed by atoms with Gasteiger partial charge in [0.15, 0.2) is 0 Å². The zero-order chi connectivity index (χ0) is 8.53. The van der Waals surface area contributed by atoms with Crippen LogP contribution in [0.1, 0.15) is 33.1 Å². The predicted octanol–water partition coefficient (Wildman–Crippen LogP) is 2.30. The van der Waals surface area contributed by atoms with Crippen molar-refractivity contribution in [2.75, 3.05) is 34.2 Å². The molecular formula is C10H28BN3W-. The molecule has 0 amide bonds. The van der Waals surface area contributed by atoms with Crippen LogP contribution in [0.5, 0.6) is 0 Å². The van der Waals surface area contributed by atoms with Crippen molar-refractivity contribution in [3.63, 3.8) is 0 Å². The normalized spacial score (nSPS) is 14.6. The van der Waals surface area contributed by atoms with Crippen molar-refractivity contribution < 1.29 is 21.1 Å². The number of nitrogens with two attached hydrogens (primary N) is 1. The van der Waals surface area contributed by atoms with Gasteiger partial charge in [0.05, 0.1) is 0 Å². The molecule has 0 unspecified atom stereocenters. The number of likely N-dealkylation sites (tertiary alicyclic amines) is 1. The number of hydrogen-bond donors (Lipinski definition) is 1. The largest absolute Gasteiger partial charge is 0.693 e. The van der Waals surface area contributed by atoms with Gasteiger partial charge in [-0.2, -0.15) is 0 Å². The van der Waals surface area contributed by atoms with Crippen molar-refractivity contribution in [1.29, 1.82) is 0 Å². The molecule has 0 saturated carbocycles. The fourth-order valence-electron chi connectivity index (χ4n) is 1.23. The molecule has 0 bridgehead atoms. The molecular weight excluding hydrogens is 357 g/mol. The van der Waals surface area contributed by atoms with Gasteiger partial charge in [-0.05, 0) is 47.1 Å². The summed E-state index contributed by atoms with van der Waals surface area (Å²) >= 11 is 0. The Bertz CT molecular complexity index is 79.1. The summed E-state index contributed by atoms with van der Waals surface area (Å²) in [6, 6.07) is 0. The summed E-state index contributed by atoms with van der Waals surface area (Å²) in [7, 11) is 5.96. The van der Waals surface area contributed by atoms with E-state index in [0.717, 1.165) is 0 Å². The number of nitrogens with one attached hydrogen (secondary N) is 1. The first-order valence-electron chi connectivity index (χ1n) is 4.58. The van der Waals surface area contributed by atoms with E-state index < -0.39 is 0 Å². The van der Waals surface area contributed by atoms with Crippen molar-refractivity contribution in [2.45, 2.75) is 33.1 Å². The van der Waals surface area contributed by atoms with Crippen LogP contribution in [0, 0.1) is 0 Å². The fourth-order valence-corrected chi connectivity index (χ4v) is 1.23. The first-order valence-corrected chi connectivity index (χ1v) is 4.58. The Balaban J connectivity index is -0.0000000437. The van der Waals surface area contributed by atoms with Crippen LogP contribution in [-0.4, -0.2) is 47.5 Å². The van der Waals surface area contributed by atoms with Crippen LogP contribution in [0.4, 0.5) is 0 Å². The molecule has 1 saturated heterocycles. The van der Waals surface area contributed by atoms with Gasteiger partial charge in [-0.25, -0.2) is 0 Å². The van der Waals surface area contributed by atoms with Crippen LogP contribution in [0.25, 0.3) is 6.15 Å². The average Bonchev–Trinajstić information content (AvgIpc) is 2.18. The third-order valence-electron chi connectivity index (χ3n) is 1.83. The summed E-state index contributed by atoms with van der Waals surface area (Å²) in [5.41, 5.74) is 0. The minimum absolute atomic E-state index is 0. The minimum Gasteiger partial charge on any atom is -0.693 e. The van der Waals surface area contributed by atoms with E-state index in [1.54, 1.807) is 0 Å². The van der Waals surface area contributed by atoms with E-state index in [0.29, 0.717) is 0 Å². The van der Waals surface area contributed by atoms with Gasteiger partial charge < -0.3 is 16.4 Å². The molecule has 1 aliphatic heterocycles. The molecule has 0 aliphatic carbocycles. The van der Waals surface area contributed by atoms with E-state index in [1.807, 2.05) is 14.1 Å². The van der Waals surface area contributed by atoms with Gasteiger partial charge in [0.2, 0.25) is 0 Å². The van der Waals surface area contributed by atoms with Crippen molar-refractivity contribution >= 4 is 8.41 Å². The summed E-state index contributed by atoms with van der Waals surface area (Å²) in [6.45, 7) is 2.64. The standard InChI is InChI=1S/C7H15N.C2H7N.CH4.B.H2N.W/c1-8-6-4-2-3-5-7-8;1-3-2;;;;/h2-7H2,1H3;3H,1-2H3;1H4;;1H2;/q;;;;-1;. The van der Waals surface area contributed by atoms with E-state index in [-0.39, 0.29) is 43.1 Å². The predicted molar refractivity (Wildman–Crippen MR) is 68.7 cm³/mol. The molecule has 0 aromatic heterocycles. The molecule has 3 radical (unpaired) electrons. The van der Waals surface area contributed by atoms with E-state index >= 15 is 0 Å². The van der Waals surface area contributed by atoms with Crippen LogP contribution >= 0.6 is 0 Å². The van der Waals surface area contributed by atoms with Gasteiger partial charge in [-0.1, -0.05) is 20.3 Å². The van der Waals surface area contributed by atoms with Gasteiger partial charge in [0, 0.05) is 29.5 Å². The Kier molecular flexibility index (Phi) is 47.5. The monoisotopic (exact) mass is 385 g/mol. The summed E-state index contributed by atoms with van der Waals surface area (Å²) in [6.07, 6.45) is 5.72. The molecule has 15 heavy (non-hydrogen) atoms. The van der Waals surface area contributed by atoms with E-state index in [4.69, 9.17) is 0 Å². The topological polar surface area (TPSA) is 48.8 Å². The number of rotatable bonds is 0. The van der Waals surface area contributed by atoms with Gasteiger partial charge in [0.25, 0.3) is 0 Å². The smallest absolute Gasteiger partial charge is 0 e. The number of hydrogen-bond acceptors (Lipinski definition) is 2. The van der Waals surface area contributed by atoms with Gasteiger partial charge in [0.1, 0.15) is 0 Å². The molecule has 0 spiro atoms. The van der Waals surface area contributed by atoms with E-state index in [9.17, 15) is 0 Å². The van der Waals surface area contributed by atoms with Crippen molar-refractivity contribution in [2.24, 2.45) is 0 Å². The van der Waals surface area contributed by atoms with Crippen LogP contribution in [0.3, 0.4) is 0 Å². The maximum absolute atomic E-state index is 2.75. The Morgan fingerprint density at radius 3 is 1.47 bits per heavy atom. The summed E-state index contributed by atoms with van der Waals surface area (Å²) in [5, 5.41) is 2.75. The molecule has 1 fully saturated rings. The second-order valence-corrected chi connectivity index (χ2v) is 3.22. The van der Waals surface area contributed by atoms with Crippen molar-refractivity contribution in [1.82, 2.24) is 10.2 Å². The molecule has 1 rings (SSSR count). The zero-order valence-electron chi connectivity index (χ0n) is 9.75. The Morgan fingerprint density at radius 2 is 1.20 bits per heavy atom. The van der Waals surface area contributed by atoms with Gasteiger partial charge in [-0.3, -0.25) is 0 Å². The molecule has 0 atom stereocenters. The number of nitrogens with zero attached hydrogens (tertiary/aromatic N) is 1. The Morgan fingerprint density at radius 1 is 0.933 bits per heavy atom. The summed E-state index contributed by atoms with van der Waals surface area (Å²) in [4.78, 5) is 2.42. The molecule has 1 aliphatic rings. The molecule has 3 N–H and O–H groups in total. The van der Waals surface area contributed by atoms with E-state index in [2.05, 4.69) is 17.3 Å². The molecule has 0 aromatic rings. The average molecular weight is 385 g/mol. The first-order chi connectivity index (χ1) is 5.31. The quantitative estimate of drug-likeness (QED) is 0.651. The fraction of sp³-hybridized carbons (Fsp3) is 1.00. The molecule has 5 heteroatoms. The van der Waals surface area contributed by atoms with Crippen molar-refractivity contribution in [3.8, 4) is 0 Å². The third-order valence-corrected chi connectivity index (χ3v) is 1.83. The van der Waals surface area contributed by atoms with Crippen LogP contribution < -0.4 is 5.32 Å². The maximum Gasteiger partial charge on any atom is 0 e. The van der Waals surface area contributed by atoms with Crippen LogP contribution in [-0.2, 0) is 21.1 Å². The molecule has 93 valence electrons. The second-order valence-electron chi connectivity index (χ2n) is 3.22. The molecule has 3 nitrogen and oxygen atoms in total. The Labute approximate surface area is 113 Å². The summed E-state index contributed by atoms with van der Waals surface area (Å²) in [5.74, 6) is 0.